The van der Waals surface area contributed by atoms with Crippen LogP contribution in [0.5, 0.6) is 0 Å². The zero-order valence-corrected chi connectivity index (χ0v) is 10.2. The van der Waals surface area contributed by atoms with Gasteiger partial charge < -0.3 is 10.1 Å². The predicted octanol–water partition coefficient (Wildman–Crippen LogP) is 3.31. The quantitative estimate of drug-likeness (QED) is 0.848. The molecule has 0 aliphatic rings. The summed E-state index contributed by atoms with van der Waals surface area (Å²) in [4.78, 5) is 13.9. The van der Waals surface area contributed by atoms with Crippen molar-refractivity contribution < 1.29 is 9.90 Å². The van der Waals surface area contributed by atoms with E-state index in [1.807, 2.05) is 24.4 Å². The molecule has 17 heavy (non-hydrogen) atoms. The molecule has 0 fully saturated rings. The molecule has 1 aromatic carbocycles. The van der Waals surface area contributed by atoms with Gasteiger partial charge in [0.15, 0.2) is 0 Å². The molecule has 1 aromatic heterocycles. The van der Waals surface area contributed by atoms with E-state index < -0.39 is 5.97 Å². The van der Waals surface area contributed by atoms with Gasteiger partial charge >= 0.3 is 5.97 Å². The Labute approximate surface area is 100 Å². The highest BCUT2D eigenvalue weighted by Gasteiger charge is 2.24. The summed E-state index contributed by atoms with van der Waals surface area (Å²) in [5.41, 5.74) is 2.16. The summed E-state index contributed by atoms with van der Waals surface area (Å²) in [5, 5.41) is 9.96. The lowest BCUT2D eigenvalue weighted by atomic mass is 9.80. The van der Waals surface area contributed by atoms with Gasteiger partial charge in [-0.3, -0.25) is 4.79 Å². The van der Waals surface area contributed by atoms with E-state index >= 15 is 0 Å². The fourth-order valence-corrected chi connectivity index (χ4v) is 2.19. The van der Waals surface area contributed by atoms with Crippen LogP contribution in [-0.2, 0) is 10.2 Å². The average molecular weight is 231 g/mol. The molecular weight excluding hydrogens is 214 g/mol. The Kier molecular flexibility index (Phi) is 2.92. The number of para-hydroxylation sites is 1. The topological polar surface area (TPSA) is 53.1 Å². The van der Waals surface area contributed by atoms with Gasteiger partial charge in [-0.15, -0.1) is 0 Å². The van der Waals surface area contributed by atoms with Crippen LogP contribution in [-0.4, -0.2) is 16.1 Å². The Morgan fingerprint density at radius 2 is 2.06 bits per heavy atom. The van der Waals surface area contributed by atoms with Gasteiger partial charge in [-0.2, -0.15) is 0 Å². The van der Waals surface area contributed by atoms with Crippen LogP contribution in [0.4, 0.5) is 0 Å². The molecule has 0 radical (unpaired) electrons. The van der Waals surface area contributed by atoms with Gasteiger partial charge in [0.25, 0.3) is 0 Å². The lowest BCUT2D eigenvalue weighted by molar-refractivity contribution is -0.137. The van der Waals surface area contributed by atoms with E-state index in [2.05, 4.69) is 24.9 Å². The van der Waals surface area contributed by atoms with Crippen LogP contribution in [0.25, 0.3) is 10.9 Å². The van der Waals surface area contributed by atoms with E-state index in [4.69, 9.17) is 5.11 Å². The van der Waals surface area contributed by atoms with Crippen molar-refractivity contribution in [3.8, 4) is 0 Å². The number of carboxylic acids is 1. The number of hydrogen-bond acceptors (Lipinski definition) is 1. The second-order valence-corrected chi connectivity index (χ2v) is 5.03. The normalized spacial score (nSPS) is 11.9. The number of H-pyrrole nitrogens is 1. The molecule has 0 unspecified atom stereocenters. The molecule has 0 aliphatic carbocycles. The van der Waals surface area contributed by atoms with Gasteiger partial charge in [0.05, 0.1) is 0 Å². The van der Waals surface area contributed by atoms with Crippen molar-refractivity contribution in [2.24, 2.45) is 0 Å². The van der Waals surface area contributed by atoms with E-state index in [0.717, 1.165) is 5.52 Å². The number of benzene rings is 1. The molecule has 0 bridgehead atoms. The second kappa shape index (κ2) is 4.24. The number of aliphatic carboxylic acids is 1. The summed E-state index contributed by atoms with van der Waals surface area (Å²) < 4.78 is 0. The van der Waals surface area contributed by atoms with Crippen LogP contribution < -0.4 is 0 Å². The molecular formula is C14H17NO2. The predicted molar refractivity (Wildman–Crippen MR) is 68.2 cm³/mol. The lowest BCUT2D eigenvalue weighted by Crippen LogP contribution is -2.18. The first-order valence-corrected chi connectivity index (χ1v) is 5.79. The minimum absolute atomic E-state index is 0.127. The summed E-state index contributed by atoms with van der Waals surface area (Å²) in [6.07, 6.45) is 2.84. The Morgan fingerprint density at radius 3 is 2.76 bits per heavy atom. The molecule has 2 aromatic rings. The van der Waals surface area contributed by atoms with Gasteiger partial charge in [0, 0.05) is 23.5 Å². The third kappa shape index (κ3) is 2.33. The fraction of sp³-hybridized carbons (Fsp3) is 0.357. The number of rotatable bonds is 4. The van der Waals surface area contributed by atoms with Crippen molar-refractivity contribution >= 4 is 16.9 Å². The molecule has 1 heterocycles. The summed E-state index contributed by atoms with van der Waals surface area (Å²) in [7, 11) is 0. The Morgan fingerprint density at radius 1 is 1.35 bits per heavy atom. The van der Waals surface area contributed by atoms with Gasteiger partial charge in [-0.05, 0) is 23.5 Å². The number of hydrogen-bond donors (Lipinski definition) is 2. The van der Waals surface area contributed by atoms with E-state index in [0.29, 0.717) is 6.42 Å². The van der Waals surface area contributed by atoms with Crippen LogP contribution in [0.2, 0.25) is 0 Å². The van der Waals surface area contributed by atoms with Gasteiger partial charge in [-0.25, -0.2) is 0 Å². The zero-order chi connectivity index (χ0) is 12.5. The highest BCUT2D eigenvalue weighted by atomic mass is 16.4. The molecule has 0 aliphatic heterocycles. The molecule has 0 saturated heterocycles. The van der Waals surface area contributed by atoms with Crippen molar-refractivity contribution in [1.29, 1.82) is 0 Å². The fourth-order valence-electron chi connectivity index (χ4n) is 2.19. The Bertz CT molecular complexity index is 540. The number of carbonyl (C=O) groups is 1. The van der Waals surface area contributed by atoms with Crippen molar-refractivity contribution in [1.82, 2.24) is 4.98 Å². The van der Waals surface area contributed by atoms with Crippen molar-refractivity contribution in [2.45, 2.75) is 32.1 Å². The van der Waals surface area contributed by atoms with E-state index in [1.165, 1.54) is 10.9 Å². The molecule has 2 rings (SSSR count). The van der Waals surface area contributed by atoms with Gasteiger partial charge in [-0.1, -0.05) is 32.0 Å². The molecule has 3 heteroatoms. The largest absolute Gasteiger partial charge is 0.481 e. The Hall–Kier alpha value is -1.77. The maximum Gasteiger partial charge on any atom is 0.303 e. The van der Waals surface area contributed by atoms with Crippen molar-refractivity contribution in [2.75, 3.05) is 0 Å². The van der Waals surface area contributed by atoms with Gasteiger partial charge in [0.2, 0.25) is 0 Å². The number of aromatic nitrogens is 1. The number of nitrogens with one attached hydrogen (secondary N) is 1. The maximum absolute atomic E-state index is 10.7. The number of aromatic amines is 1. The minimum Gasteiger partial charge on any atom is -0.481 e. The SMILES string of the molecule is CC(C)(CCC(=O)O)c1c[nH]c2ccccc12. The summed E-state index contributed by atoms with van der Waals surface area (Å²) in [5.74, 6) is -0.738. The van der Waals surface area contributed by atoms with E-state index in [9.17, 15) is 4.79 Å². The first-order valence-electron chi connectivity index (χ1n) is 5.79. The molecule has 2 N–H and O–H groups in total. The summed E-state index contributed by atoms with van der Waals surface area (Å²) >= 11 is 0. The van der Waals surface area contributed by atoms with Crippen LogP contribution in [0.1, 0.15) is 32.3 Å². The first-order chi connectivity index (χ1) is 8.00. The maximum atomic E-state index is 10.7. The van der Waals surface area contributed by atoms with Crippen LogP contribution in [0.3, 0.4) is 0 Å². The molecule has 0 atom stereocenters. The zero-order valence-electron chi connectivity index (χ0n) is 10.2. The third-order valence-corrected chi connectivity index (χ3v) is 3.28. The van der Waals surface area contributed by atoms with E-state index in [1.54, 1.807) is 0 Å². The standard InChI is InChI=1S/C14H17NO2/c1-14(2,8-7-13(16)17)11-9-15-12-6-4-3-5-10(11)12/h3-6,9,15H,7-8H2,1-2H3,(H,16,17). The van der Waals surface area contributed by atoms with E-state index in [-0.39, 0.29) is 11.8 Å². The lowest BCUT2D eigenvalue weighted by Gasteiger charge is -2.23. The van der Waals surface area contributed by atoms with Crippen LogP contribution >= 0.6 is 0 Å². The van der Waals surface area contributed by atoms with Gasteiger partial charge in [0.1, 0.15) is 0 Å². The van der Waals surface area contributed by atoms with Crippen LogP contribution in [0, 0.1) is 0 Å². The highest BCUT2D eigenvalue weighted by Crippen LogP contribution is 2.33. The van der Waals surface area contributed by atoms with Crippen molar-refractivity contribution in [3.05, 3.63) is 36.0 Å². The molecule has 0 spiro atoms. The summed E-state index contributed by atoms with van der Waals surface area (Å²) in [6.45, 7) is 4.18. The second-order valence-electron chi connectivity index (χ2n) is 5.03. The first kappa shape index (κ1) is 11.7. The Balaban J connectivity index is 2.35. The minimum atomic E-state index is -0.738. The monoisotopic (exact) mass is 231 g/mol. The van der Waals surface area contributed by atoms with Crippen LogP contribution in [0.15, 0.2) is 30.5 Å². The average Bonchev–Trinajstić information content (AvgIpc) is 2.71. The number of carboxylic acid groups (broad SMARTS) is 1. The molecule has 3 nitrogen and oxygen atoms in total. The third-order valence-electron chi connectivity index (χ3n) is 3.28. The molecule has 0 amide bonds. The summed E-state index contributed by atoms with van der Waals surface area (Å²) in [6, 6.07) is 8.11. The number of fused-ring (bicyclic) bond motifs is 1. The molecule has 0 saturated carbocycles. The highest BCUT2D eigenvalue weighted by molar-refractivity contribution is 5.84. The molecule has 90 valence electrons. The smallest absolute Gasteiger partial charge is 0.303 e. The van der Waals surface area contributed by atoms with Crippen molar-refractivity contribution in [3.63, 3.8) is 0 Å².